The van der Waals surface area contributed by atoms with Gasteiger partial charge in [0.2, 0.25) is 0 Å². The third-order valence-corrected chi connectivity index (χ3v) is 3.52. The van der Waals surface area contributed by atoms with Gasteiger partial charge in [0.05, 0.1) is 5.69 Å². The molecular weight excluding hydrogens is 251 g/mol. The van der Waals surface area contributed by atoms with E-state index < -0.39 is 0 Å². The van der Waals surface area contributed by atoms with Gasteiger partial charge in [0, 0.05) is 12.6 Å². The van der Waals surface area contributed by atoms with E-state index >= 15 is 0 Å². The van der Waals surface area contributed by atoms with Crippen LogP contribution < -0.4 is 11.1 Å². The van der Waals surface area contributed by atoms with Crippen molar-refractivity contribution in [1.29, 1.82) is 0 Å². The molecule has 0 aliphatic carbocycles. The lowest BCUT2D eigenvalue weighted by Gasteiger charge is -2.22. The van der Waals surface area contributed by atoms with Gasteiger partial charge in [-0.2, -0.15) is 0 Å². The van der Waals surface area contributed by atoms with Crippen LogP contribution in [0.25, 0.3) is 0 Å². The van der Waals surface area contributed by atoms with Gasteiger partial charge in [-0.05, 0) is 30.0 Å². The molecule has 2 rings (SSSR count). The van der Waals surface area contributed by atoms with E-state index in [-0.39, 0.29) is 11.9 Å². The number of halogens is 1. The minimum Gasteiger partial charge on any atom is -0.379 e. The van der Waals surface area contributed by atoms with E-state index in [1.165, 1.54) is 11.6 Å². The highest BCUT2D eigenvalue weighted by atomic mass is 19.1. The lowest BCUT2D eigenvalue weighted by molar-refractivity contribution is 0.576. The zero-order valence-corrected chi connectivity index (χ0v) is 11.7. The van der Waals surface area contributed by atoms with Crippen LogP contribution in [0.2, 0.25) is 0 Å². The zero-order chi connectivity index (χ0) is 14.4. The van der Waals surface area contributed by atoms with Crippen LogP contribution in [0.4, 0.5) is 10.1 Å². The summed E-state index contributed by atoms with van der Waals surface area (Å²) in [7, 11) is 0. The van der Waals surface area contributed by atoms with Crippen LogP contribution in [0.15, 0.2) is 54.6 Å². The Kier molecular flexibility index (Phi) is 5.13. The number of para-hydroxylation sites is 1. The van der Waals surface area contributed by atoms with Gasteiger partial charge >= 0.3 is 0 Å². The lowest BCUT2D eigenvalue weighted by Crippen LogP contribution is -2.30. The van der Waals surface area contributed by atoms with Gasteiger partial charge in [-0.3, -0.25) is 0 Å². The van der Waals surface area contributed by atoms with Crippen molar-refractivity contribution < 1.29 is 4.39 Å². The second-order valence-electron chi connectivity index (χ2n) is 5.10. The Hall–Kier alpha value is -1.87. The summed E-state index contributed by atoms with van der Waals surface area (Å²) in [4.78, 5) is 0. The predicted molar refractivity (Wildman–Crippen MR) is 82.3 cm³/mol. The predicted octanol–water partition coefficient (Wildman–Crippen LogP) is 3.76. The van der Waals surface area contributed by atoms with E-state index in [9.17, 15) is 4.39 Å². The highest BCUT2D eigenvalue weighted by molar-refractivity contribution is 5.45. The van der Waals surface area contributed by atoms with Gasteiger partial charge < -0.3 is 11.1 Å². The number of nitrogens with one attached hydrogen (secondary N) is 1. The van der Waals surface area contributed by atoms with Crippen LogP contribution in [-0.2, 0) is 0 Å². The van der Waals surface area contributed by atoms with E-state index in [0.29, 0.717) is 18.2 Å². The Morgan fingerprint density at radius 3 is 2.35 bits per heavy atom. The first-order valence-corrected chi connectivity index (χ1v) is 6.96. The molecule has 2 aromatic rings. The Bertz CT molecular complexity index is 528. The summed E-state index contributed by atoms with van der Waals surface area (Å²) in [5.74, 6) is 0.141. The summed E-state index contributed by atoms with van der Waals surface area (Å²) in [5.41, 5.74) is 7.61. The number of nitrogens with two attached hydrogens (primary N) is 1. The molecule has 20 heavy (non-hydrogen) atoms. The second-order valence-corrected chi connectivity index (χ2v) is 5.10. The van der Waals surface area contributed by atoms with Gasteiger partial charge in [-0.1, -0.05) is 49.4 Å². The first-order chi connectivity index (χ1) is 9.70. The van der Waals surface area contributed by atoms with Crippen LogP contribution in [-0.4, -0.2) is 12.6 Å². The second kappa shape index (κ2) is 7.06. The first-order valence-electron chi connectivity index (χ1n) is 6.96. The molecule has 2 unspecified atom stereocenters. The molecule has 0 heterocycles. The fraction of sp³-hybridized carbons (Fsp3) is 0.294. The maximum atomic E-state index is 13.6. The van der Waals surface area contributed by atoms with Gasteiger partial charge in [-0.15, -0.1) is 0 Å². The van der Waals surface area contributed by atoms with Gasteiger partial charge in [-0.25, -0.2) is 4.39 Å². The minimum absolute atomic E-state index is 0.0575. The van der Waals surface area contributed by atoms with Crippen LogP contribution in [0.5, 0.6) is 0 Å². The van der Waals surface area contributed by atoms with Crippen molar-refractivity contribution in [3.63, 3.8) is 0 Å². The van der Waals surface area contributed by atoms with Crippen LogP contribution >= 0.6 is 0 Å². The van der Waals surface area contributed by atoms with Crippen molar-refractivity contribution in [3.05, 3.63) is 66.0 Å². The maximum Gasteiger partial charge on any atom is 0.146 e. The normalized spacial score (nSPS) is 13.8. The number of anilines is 1. The summed E-state index contributed by atoms with van der Waals surface area (Å²) >= 11 is 0. The van der Waals surface area contributed by atoms with Crippen LogP contribution in [0, 0.1) is 5.82 Å². The molecule has 3 N–H and O–H groups in total. The van der Waals surface area contributed by atoms with E-state index in [1.807, 2.05) is 24.3 Å². The Morgan fingerprint density at radius 2 is 1.70 bits per heavy atom. The quantitative estimate of drug-likeness (QED) is 0.840. The average Bonchev–Trinajstić information content (AvgIpc) is 2.49. The summed E-state index contributed by atoms with van der Waals surface area (Å²) < 4.78 is 13.6. The zero-order valence-electron chi connectivity index (χ0n) is 11.7. The number of hydrogen-bond donors (Lipinski definition) is 2. The molecule has 2 nitrogen and oxygen atoms in total. The number of benzene rings is 2. The number of rotatable bonds is 6. The minimum atomic E-state index is -0.238. The first kappa shape index (κ1) is 14.5. The highest BCUT2D eigenvalue weighted by Gasteiger charge is 2.14. The summed E-state index contributed by atoms with van der Waals surface area (Å²) in [6.45, 7) is 2.65. The van der Waals surface area contributed by atoms with Crippen molar-refractivity contribution in [2.24, 2.45) is 5.73 Å². The van der Waals surface area contributed by atoms with Crippen LogP contribution in [0.1, 0.15) is 24.8 Å². The van der Waals surface area contributed by atoms with Crippen molar-refractivity contribution in [2.75, 3.05) is 11.9 Å². The SMILES string of the molecule is CC(CC(CN)Nc1ccccc1F)c1ccccc1. The fourth-order valence-electron chi connectivity index (χ4n) is 2.36. The van der Waals surface area contributed by atoms with E-state index in [0.717, 1.165) is 6.42 Å². The Labute approximate surface area is 119 Å². The molecule has 3 heteroatoms. The molecule has 2 aromatic carbocycles. The monoisotopic (exact) mass is 272 g/mol. The van der Waals surface area contributed by atoms with E-state index in [2.05, 4.69) is 24.4 Å². The summed E-state index contributed by atoms with van der Waals surface area (Å²) in [6.07, 6.45) is 0.870. The van der Waals surface area contributed by atoms with Crippen molar-refractivity contribution in [2.45, 2.75) is 25.3 Å². The molecule has 0 radical (unpaired) electrons. The molecule has 0 aliphatic rings. The molecule has 106 valence electrons. The smallest absolute Gasteiger partial charge is 0.146 e. The Balaban J connectivity index is 2.01. The molecule has 2 atom stereocenters. The van der Waals surface area contributed by atoms with Gasteiger partial charge in [0.1, 0.15) is 5.82 Å². The molecule has 0 bridgehead atoms. The molecule has 0 aromatic heterocycles. The number of hydrogen-bond acceptors (Lipinski definition) is 2. The van der Waals surface area contributed by atoms with Gasteiger partial charge in [0.15, 0.2) is 0 Å². The molecular formula is C17H21FN2. The molecule has 0 aliphatic heterocycles. The van der Waals surface area contributed by atoms with Crippen LogP contribution in [0.3, 0.4) is 0 Å². The summed E-state index contributed by atoms with van der Waals surface area (Å²) in [5, 5.41) is 3.20. The topological polar surface area (TPSA) is 38.0 Å². The lowest BCUT2D eigenvalue weighted by atomic mass is 9.94. The summed E-state index contributed by atoms with van der Waals surface area (Å²) in [6, 6.07) is 17.1. The van der Waals surface area contributed by atoms with Crippen molar-refractivity contribution in [3.8, 4) is 0 Å². The molecule has 0 spiro atoms. The molecule has 0 fully saturated rings. The third-order valence-electron chi connectivity index (χ3n) is 3.52. The molecule has 0 amide bonds. The van der Waals surface area contributed by atoms with E-state index in [4.69, 9.17) is 5.73 Å². The maximum absolute atomic E-state index is 13.6. The van der Waals surface area contributed by atoms with Crippen molar-refractivity contribution in [1.82, 2.24) is 0 Å². The Morgan fingerprint density at radius 1 is 1.05 bits per heavy atom. The average molecular weight is 272 g/mol. The third kappa shape index (κ3) is 3.81. The molecule has 0 saturated carbocycles. The van der Waals surface area contributed by atoms with Gasteiger partial charge in [0.25, 0.3) is 0 Å². The highest BCUT2D eigenvalue weighted by Crippen LogP contribution is 2.22. The van der Waals surface area contributed by atoms with E-state index in [1.54, 1.807) is 12.1 Å². The van der Waals surface area contributed by atoms with Crippen molar-refractivity contribution >= 4 is 5.69 Å². The largest absolute Gasteiger partial charge is 0.379 e. The fourth-order valence-corrected chi connectivity index (χ4v) is 2.36. The standard InChI is InChI=1S/C17H21FN2/c1-13(14-7-3-2-4-8-14)11-15(12-19)20-17-10-6-5-9-16(17)18/h2-10,13,15,20H,11-12,19H2,1H3. The molecule has 0 saturated heterocycles.